The van der Waals surface area contributed by atoms with E-state index in [1.54, 1.807) is 10.6 Å². The second-order valence-corrected chi connectivity index (χ2v) is 11.7. The Morgan fingerprint density at radius 2 is 0.952 bits per heavy atom. The van der Waals surface area contributed by atoms with Crippen molar-refractivity contribution in [3.8, 4) is 0 Å². The van der Waals surface area contributed by atoms with Crippen LogP contribution in [0.3, 0.4) is 0 Å². The molecule has 3 aromatic rings. The van der Waals surface area contributed by atoms with E-state index in [0.717, 1.165) is 31.3 Å². The van der Waals surface area contributed by atoms with E-state index in [2.05, 4.69) is 65.7 Å². The van der Waals surface area contributed by atoms with Gasteiger partial charge in [-0.2, -0.15) is 0 Å². The number of nitrogens with zero attached hydrogens (tertiary/aromatic N) is 1. The van der Waals surface area contributed by atoms with Crippen molar-refractivity contribution in [2.45, 2.75) is 57.0 Å². The van der Waals surface area contributed by atoms with E-state index in [9.17, 15) is 22.0 Å². The van der Waals surface area contributed by atoms with Gasteiger partial charge in [0.15, 0.2) is 23.3 Å². The van der Waals surface area contributed by atoms with Crippen LogP contribution < -0.4 is 10.6 Å². The van der Waals surface area contributed by atoms with Crippen molar-refractivity contribution in [1.29, 1.82) is 0 Å². The van der Waals surface area contributed by atoms with Crippen molar-refractivity contribution in [3.63, 3.8) is 0 Å². The van der Waals surface area contributed by atoms with Crippen molar-refractivity contribution in [2.24, 2.45) is 10.9 Å². The van der Waals surface area contributed by atoms with Crippen LogP contribution in [-0.2, 0) is 33.6 Å². The van der Waals surface area contributed by atoms with Gasteiger partial charge in [-0.3, -0.25) is 4.99 Å². The third-order valence-corrected chi connectivity index (χ3v) is 9.72. The second kappa shape index (κ2) is 22.5. The Kier molecular flexibility index (Phi) is 24.3. The minimum absolute atomic E-state index is 0. The van der Waals surface area contributed by atoms with Gasteiger partial charge in [-0.15, -0.1) is 0 Å². The number of aliphatic imine (C=N–C) groups is 1. The zero-order chi connectivity index (χ0) is 25.5. The fourth-order valence-electron chi connectivity index (χ4n) is 4.90. The fourth-order valence-corrected chi connectivity index (χ4v) is 7.91. The van der Waals surface area contributed by atoms with E-state index >= 15 is 0 Å². The average molecular weight is 704 g/mol. The molecule has 42 heavy (non-hydrogen) atoms. The first kappa shape index (κ1) is 45.4. The number of rotatable bonds is 5. The van der Waals surface area contributed by atoms with Crippen molar-refractivity contribution in [1.82, 2.24) is 0 Å². The van der Waals surface area contributed by atoms with Crippen molar-refractivity contribution in [3.05, 3.63) is 112 Å². The van der Waals surface area contributed by atoms with Gasteiger partial charge < -0.3 is 22.3 Å². The molecule has 0 spiro atoms. The summed E-state index contributed by atoms with van der Waals surface area (Å²) in [5.41, 5.74) is -0.219. The monoisotopic (exact) mass is 703 g/mol. The summed E-state index contributed by atoms with van der Waals surface area (Å²) in [5, 5.41) is 3.09. The molecule has 0 radical (unpaired) electrons. The first-order valence-electron chi connectivity index (χ1n) is 12.4. The third-order valence-electron chi connectivity index (χ3n) is 6.76. The molecule has 2 aliphatic carbocycles. The molecule has 0 heterocycles. The van der Waals surface area contributed by atoms with Gasteiger partial charge in [0, 0.05) is 22.7 Å². The summed E-state index contributed by atoms with van der Waals surface area (Å²) in [6.45, 7) is 0. The molecule has 0 atom stereocenters. The topological polar surface area (TPSA) is 12.4 Å². The van der Waals surface area contributed by atoms with E-state index in [1.807, 2.05) is 0 Å². The molecular weight excluding hydrogens is 666 g/mol. The summed E-state index contributed by atoms with van der Waals surface area (Å²) in [6, 6.07) is 22.2. The Hall–Kier alpha value is -1.04. The van der Waals surface area contributed by atoms with Gasteiger partial charge in [0.05, 0.1) is 0 Å². The summed E-state index contributed by atoms with van der Waals surface area (Å²) in [4.78, 5) is 3.43. The van der Waals surface area contributed by atoms with Gasteiger partial charge in [0.25, 0.3) is 0 Å². The summed E-state index contributed by atoms with van der Waals surface area (Å²) in [5.74, 6) is -9.83. The van der Waals surface area contributed by atoms with E-state index in [0.29, 0.717) is 0 Å². The Balaban J connectivity index is -0.000000634. The molecule has 5 rings (SSSR count). The van der Waals surface area contributed by atoms with Gasteiger partial charge in [-0.05, 0) is 55.8 Å². The van der Waals surface area contributed by atoms with Gasteiger partial charge in [0.1, 0.15) is 5.69 Å². The molecule has 0 saturated heterocycles. The van der Waals surface area contributed by atoms with Crippen molar-refractivity contribution in [2.75, 3.05) is 0 Å². The first-order chi connectivity index (χ1) is 17.5. The van der Waals surface area contributed by atoms with Gasteiger partial charge in [0.2, 0.25) is 5.82 Å². The zero-order valence-electron chi connectivity index (χ0n) is 24.2. The van der Waals surface area contributed by atoms with E-state index in [1.165, 1.54) is 31.9 Å². The third kappa shape index (κ3) is 11.5. The minimum Gasteiger partial charge on any atom is -0.358 e. The molecule has 0 N–H and O–H groups in total. The van der Waals surface area contributed by atoms with E-state index < -0.39 is 34.8 Å². The molecule has 0 aliphatic heterocycles. The van der Waals surface area contributed by atoms with Crippen LogP contribution in [0.5, 0.6) is 0 Å². The molecule has 0 bridgehead atoms. The van der Waals surface area contributed by atoms with Crippen molar-refractivity contribution < 1.29 is 55.5 Å². The van der Waals surface area contributed by atoms with Crippen LogP contribution in [0.15, 0.2) is 65.7 Å². The van der Waals surface area contributed by atoms with Gasteiger partial charge >= 0.3 is 34.4 Å². The summed E-state index contributed by atoms with van der Waals surface area (Å²) in [6.07, 6.45) is 10.5. The van der Waals surface area contributed by atoms with Crippen LogP contribution in [0.1, 0.15) is 51.4 Å². The van der Waals surface area contributed by atoms with Crippen LogP contribution in [0, 0.1) is 57.3 Å². The first-order valence-corrected chi connectivity index (χ1v) is 13.8. The standard InChI is InChI=1S/C17H19P.C12H10F5N.3CH3.Al.Fe.Ni/c1-3-9-15(10-4-1)18(17-13-7-8-14-17)16-11-5-2-6-12-16;13-7-8(14)10(16)12(11(17)9(7)15)18-5-6-3-1-2-4-6;;;;;;/h1-6,9-12,17H,7-8,13-14H2;5-6H,1-4H2;3*1H3;;;/q;;3*-1;+3;+2;. The van der Waals surface area contributed by atoms with E-state index in [4.69, 9.17) is 0 Å². The maximum Gasteiger partial charge on any atom is 3.00 e. The minimum atomic E-state index is -2.16. The van der Waals surface area contributed by atoms with E-state index in [-0.39, 0.29) is 87.0 Å². The number of benzene rings is 3. The normalized spacial score (nSPS) is 14.2. The SMILES string of the molecule is Fc1c(F)c(F)c(N=CC2CCCC2)c(F)c1F.[Al+3].[CH3-].[CH3-].[CH3-].[Fe+2].[Ni].c1ccc(P(c2ccccc2)C2CCCC2)cc1. The molecule has 3 aromatic carbocycles. The molecule has 0 unspecified atom stereocenters. The Bertz CT molecular complexity index is 1110. The maximum atomic E-state index is 13.2. The Morgan fingerprint density at radius 1 is 0.595 bits per heavy atom. The average Bonchev–Trinajstić information content (AvgIpc) is 3.63. The molecule has 0 aromatic heterocycles. The molecule has 10 heteroatoms. The number of hydrogen-bond donors (Lipinski definition) is 0. The predicted molar refractivity (Wildman–Crippen MR) is 163 cm³/mol. The molecule has 0 amide bonds. The summed E-state index contributed by atoms with van der Waals surface area (Å²) >= 11 is 0. The molecule has 2 fully saturated rings. The van der Waals surface area contributed by atoms with Crippen LogP contribution in [0.2, 0.25) is 0 Å². The maximum absolute atomic E-state index is 13.2. The molecular formula is C32H38AlF5FeNNiP+2. The quantitative estimate of drug-likeness (QED) is 0.0478. The van der Waals surface area contributed by atoms with Crippen LogP contribution >= 0.6 is 7.92 Å². The van der Waals surface area contributed by atoms with Gasteiger partial charge in [-0.25, -0.2) is 22.0 Å². The van der Waals surface area contributed by atoms with Crippen LogP contribution in [-0.4, -0.2) is 29.2 Å². The van der Waals surface area contributed by atoms with Crippen LogP contribution in [0.4, 0.5) is 27.6 Å². The Labute approximate surface area is 281 Å². The number of hydrogen-bond acceptors (Lipinski definition) is 1. The Morgan fingerprint density at radius 3 is 1.36 bits per heavy atom. The number of halogens is 5. The van der Waals surface area contributed by atoms with Crippen LogP contribution in [0.25, 0.3) is 0 Å². The second-order valence-electron chi connectivity index (χ2n) is 9.22. The molecule has 2 saturated carbocycles. The summed E-state index contributed by atoms with van der Waals surface area (Å²) in [7, 11) is -0.152. The summed E-state index contributed by atoms with van der Waals surface area (Å²) < 4.78 is 65.0. The zero-order valence-corrected chi connectivity index (χ0v) is 28.3. The molecule has 230 valence electrons. The predicted octanol–water partition coefficient (Wildman–Crippen LogP) is 9.30. The fraction of sp³-hybridized carbons (Fsp3) is 0.312. The largest absolute Gasteiger partial charge is 3.00 e. The van der Waals surface area contributed by atoms with Crippen molar-refractivity contribution >= 4 is 47.8 Å². The molecule has 1 nitrogen and oxygen atoms in total. The smallest absolute Gasteiger partial charge is 0.358 e. The van der Waals surface area contributed by atoms with Gasteiger partial charge in [-0.1, -0.05) is 86.3 Å². The molecule has 2 aliphatic rings.